The molecule has 1 fully saturated rings. The first-order chi connectivity index (χ1) is 6.75. The SMILES string of the molecule is CC1CN(c2cc(Br)ncn2)CCO1. The summed E-state index contributed by atoms with van der Waals surface area (Å²) in [6.45, 7) is 4.63. The summed E-state index contributed by atoms with van der Waals surface area (Å²) in [6.07, 6.45) is 1.84. The largest absolute Gasteiger partial charge is 0.375 e. The monoisotopic (exact) mass is 257 g/mol. The molecule has 5 heteroatoms. The number of nitrogens with zero attached hydrogens (tertiary/aromatic N) is 3. The van der Waals surface area contributed by atoms with Crippen molar-refractivity contribution >= 4 is 21.7 Å². The highest BCUT2D eigenvalue weighted by atomic mass is 79.9. The molecule has 1 unspecified atom stereocenters. The molecule has 0 aliphatic carbocycles. The number of anilines is 1. The molecule has 0 spiro atoms. The van der Waals surface area contributed by atoms with Gasteiger partial charge in [-0.1, -0.05) is 0 Å². The molecule has 1 atom stereocenters. The maximum absolute atomic E-state index is 5.46. The number of morpholine rings is 1. The van der Waals surface area contributed by atoms with Crippen molar-refractivity contribution in [3.05, 3.63) is 17.0 Å². The maximum Gasteiger partial charge on any atom is 0.133 e. The topological polar surface area (TPSA) is 38.2 Å². The van der Waals surface area contributed by atoms with Crippen LogP contribution in [0.2, 0.25) is 0 Å². The normalized spacial score (nSPS) is 22.4. The minimum absolute atomic E-state index is 0.275. The summed E-state index contributed by atoms with van der Waals surface area (Å²) in [5.41, 5.74) is 0. The van der Waals surface area contributed by atoms with E-state index in [4.69, 9.17) is 4.74 Å². The van der Waals surface area contributed by atoms with Crippen LogP contribution in [-0.2, 0) is 4.74 Å². The smallest absolute Gasteiger partial charge is 0.133 e. The van der Waals surface area contributed by atoms with Gasteiger partial charge >= 0.3 is 0 Å². The third-order valence-electron chi connectivity index (χ3n) is 2.18. The Labute approximate surface area is 91.4 Å². The third kappa shape index (κ3) is 2.22. The summed E-state index contributed by atoms with van der Waals surface area (Å²) in [7, 11) is 0. The van der Waals surface area contributed by atoms with Crippen molar-refractivity contribution in [2.75, 3.05) is 24.6 Å². The average molecular weight is 258 g/mol. The Morgan fingerprint density at radius 2 is 2.43 bits per heavy atom. The van der Waals surface area contributed by atoms with Crippen molar-refractivity contribution in [2.45, 2.75) is 13.0 Å². The third-order valence-corrected chi connectivity index (χ3v) is 2.62. The van der Waals surface area contributed by atoms with Crippen LogP contribution in [0.4, 0.5) is 5.82 Å². The van der Waals surface area contributed by atoms with Crippen LogP contribution in [-0.4, -0.2) is 35.8 Å². The van der Waals surface area contributed by atoms with Gasteiger partial charge in [0.1, 0.15) is 16.7 Å². The van der Waals surface area contributed by atoms with Crippen molar-refractivity contribution in [3.63, 3.8) is 0 Å². The Kier molecular flexibility index (Phi) is 2.98. The summed E-state index contributed by atoms with van der Waals surface area (Å²) >= 11 is 3.33. The van der Waals surface area contributed by atoms with Gasteiger partial charge < -0.3 is 9.64 Å². The molecule has 2 heterocycles. The molecule has 1 aromatic heterocycles. The van der Waals surface area contributed by atoms with E-state index in [2.05, 4.69) is 37.7 Å². The van der Waals surface area contributed by atoms with Crippen LogP contribution in [0.1, 0.15) is 6.92 Å². The lowest BCUT2D eigenvalue weighted by Gasteiger charge is -2.31. The van der Waals surface area contributed by atoms with Crippen molar-refractivity contribution in [1.29, 1.82) is 0 Å². The number of aromatic nitrogens is 2. The van der Waals surface area contributed by atoms with E-state index in [0.717, 1.165) is 30.1 Å². The van der Waals surface area contributed by atoms with E-state index in [1.807, 2.05) is 6.07 Å². The van der Waals surface area contributed by atoms with Gasteiger partial charge in [0.15, 0.2) is 0 Å². The molecule has 1 aliphatic heterocycles. The van der Waals surface area contributed by atoms with E-state index in [0.29, 0.717) is 0 Å². The zero-order valence-electron chi connectivity index (χ0n) is 7.98. The minimum Gasteiger partial charge on any atom is -0.375 e. The number of hydrogen-bond donors (Lipinski definition) is 0. The van der Waals surface area contributed by atoms with Gasteiger partial charge in [-0.05, 0) is 22.9 Å². The fourth-order valence-corrected chi connectivity index (χ4v) is 1.82. The van der Waals surface area contributed by atoms with E-state index in [1.165, 1.54) is 0 Å². The van der Waals surface area contributed by atoms with Crippen molar-refractivity contribution in [1.82, 2.24) is 9.97 Å². The first-order valence-corrected chi connectivity index (χ1v) is 5.39. The van der Waals surface area contributed by atoms with E-state index in [-0.39, 0.29) is 6.10 Å². The van der Waals surface area contributed by atoms with Crippen molar-refractivity contribution in [2.24, 2.45) is 0 Å². The molecular formula is C9H12BrN3O. The maximum atomic E-state index is 5.46. The molecule has 76 valence electrons. The highest BCUT2D eigenvalue weighted by Crippen LogP contribution is 2.17. The van der Waals surface area contributed by atoms with Crippen molar-refractivity contribution < 1.29 is 4.74 Å². The molecule has 1 aromatic rings. The van der Waals surface area contributed by atoms with E-state index < -0.39 is 0 Å². The number of ether oxygens (including phenoxy) is 1. The predicted molar refractivity (Wildman–Crippen MR) is 57.4 cm³/mol. The summed E-state index contributed by atoms with van der Waals surface area (Å²) in [5, 5.41) is 0. The molecule has 2 rings (SSSR count). The van der Waals surface area contributed by atoms with Gasteiger partial charge in [0.25, 0.3) is 0 Å². The highest BCUT2D eigenvalue weighted by molar-refractivity contribution is 9.10. The quantitative estimate of drug-likeness (QED) is 0.715. The number of halogens is 1. The Morgan fingerprint density at radius 1 is 1.57 bits per heavy atom. The number of hydrogen-bond acceptors (Lipinski definition) is 4. The van der Waals surface area contributed by atoms with Crippen LogP contribution in [0.15, 0.2) is 17.0 Å². The second kappa shape index (κ2) is 4.23. The Morgan fingerprint density at radius 3 is 3.14 bits per heavy atom. The van der Waals surface area contributed by atoms with Gasteiger partial charge in [0, 0.05) is 19.2 Å². The molecular weight excluding hydrogens is 246 g/mol. The minimum atomic E-state index is 0.275. The molecule has 0 saturated carbocycles. The molecule has 14 heavy (non-hydrogen) atoms. The molecule has 1 aliphatic rings. The molecule has 4 nitrogen and oxygen atoms in total. The Balaban J connectivity index is 2.14. The van der Waals surface area contributed by atoms with Crippen LogP contribution in [0.3, 0.4) is 0 Å². The summed E-state index contributed by atoms with van der Waals surface area (Å²) < 4.78 is 6.28. The molecule has 0 N–H and O–H groups in total. The lowest BCUT2D eigenvalue weighted by molar-refractivity contribution is 0.0529. The van der Waals surface area contributed by atoms with Crippen LogP contribution in [0, 0.1) is 0 Å². The molecule has 0 radical (unpaired) electrons. The van der Waals surface area contributed by atoms with Crippen LogP contribution < -0.4 is 4.90 Å². The van der Waals surface area contributed by atoms with Gasteiger partial charge in [-0.25, -0.2) is 9.97 Å². The zero-order valence-corrected chi connectivity index (χ0v) is 9.57. The standard InChI is InChI=1S/C9H12BrN3O/c1-7-5-13(2-3-14-7)9-4-8(10)11-6-12-9/h4,6-7H,2-3,5H2,1H3. The first-order valence-electron chi connectivity index (χ1n) is 4.60. The fourth-order valence-electron chi connectivity index (χ4n) is 1.52. The molecule has 0 aromatic carbocycles. The number of rotatable bonds is 1. The van der Waals surface area contributed by atoms with Crippen LogP contribution in [0.25, 0.3) is 0 Å². The zero-order chi connectivity index (χ0) is 9.97. The lowest BCUT2D eigenvalue weighted by atomic mass is 10.3. The van der Waals surface area contributed by atoms with E-state index in [9.17, 15) is 0 Å². The van der Waals surface area contributed by atoms with Gasteiger partial charge in [0.05, 0.1) is 12.7 Å². The molecule has 1 saturated heterocycles. The predicted octanol–water partition coefficient (Wildman–Crippen LogP) is 1.46. The summed E-state index contributed by atoms with van der Waals surface area (Å²) in [6, 6.07) is 1.93. The second-order valence-corrected chi connectivity index (χ2v) is 4.14. The Bertz CT molecular complexity index is 321. The highest BCUT2D eigenvalue weighted by Gasteiger charge is 2.17. The Hall–Kier alpha value is -0.680. The van der Waals surface area contributed by atoms with Crippen LogP contribution in [0.5, 0.6) is 0 Å². The molecule has 0 amide bonds. The van der Waals surface area contributed by atoms with Crippen LogP contribution >= 0.6 is 15.9 Å². The van der Waals surface area contributed by atoms with E-state index in [1.54, 1.807) is 6.33 Å². The van der Waals surface area contributed by atoms with Gasteiger partial charge in [-0.3, -0.25) is 0 Å². The van der Waals surface area contributed by atoms with E-state index >= 15 is 0 Å². The first kappa shape index (κ1) is 9.86. The van der Waals surface area contributed by atoms with Crippen molar-refractivity contribution in [3.8, 4) is 0 Å². The average Bonchev–Trinajstić information content (AvgIpc) is 2.18. The fraction of sp³-hybridized carbons (Fsp3) is 0.556. The van der Waals surface area contributed by atoms with Gasteiger partial charge in [0.2, 0.25) is 0 Å². The van der Waals surface area contributed by atoms with Gasteiger partial charge in [-0.15, -0.1) is 0 Å². The molecule has 0 bridgehead atoms. The van der Waals surface area contributed by atoms with Gasteiger partial charge in [-0.2, -0.15) is 0 Å². The summed E-state index contributed by atoms with van der Waals surface area (Å²) in [5.74, 6) is 0.960. The summed E-state index contributed by atoms with van der Waals surface area (Å²) in [4.78, 5) is 10.4. The lowest BCUT2D eigenvalue weighted by Crippen LogP contribution is -2.41. The second-order valence-electron chi connectivity index (χ2n) is 3.33.